The van der Waals surface area contributed by atoms with Gasteiger partial charge in [0.05, 0.1) is 11.5 Å². The fourth-order valence-electron chi connectivity index (χ4n) is 3.38. The molecule has 5 heteroatoms. The van der Waals surface area contributed by atoms with E-state index < -0.39 is 5.54 Å². The zero-order valence-electron chi connectivity index (χ0n) is 12.4. The Morgan fingerprint density at radius 3 is 2.90 bits per heavy atom. The third-order valence-corrected chi connectivity index (χ3v) is 4.33. The number of carbonyl (C=O) groups excluding carboxylic acids is 2. The summed E-state index contributed by atoms with van der Waals surface area (Å²) < 4.78 is 0. The Hall–Kier alpha value is -1.88. The molecule has 0 radical (unpaired) electrons. The van der Waals surface area contributed by atoms with Crippen molar-refractivity contribution in [3.8, 4) is 0 Å². The molecular formula is C16H21N3O2. The molecule has 2 amide bonds. The highest BCUT2D eigenvalue weighted by Gasteiger charge is 2.50. The van der Waals surface area contributed by atoms with Gasteiger partial charge >= 0.3 is 0 Å². The molecule has 2 aliphatic rings. The maximum Gasteiger partial charge on any atom is 0.252 e. The fourth-order valence-corrected chi connectivity index (χ4v) is 3.38. The maximum atomic E-state index is 12.4. The molecule has 2 atom stereocenters. The Morgan fingerprint density at radius 2 is 2.14 bits per heavy atom. The number of hydrogen-bond donors (Lipinski definition) is 3. The van der Waals surface area contributed by atoms with E-state index in [-0.39, 0.29) is 23.8 Å². The second-order valence-corrected chi connectivity index (χ2v) is 6.29. The Balaban J connectivity index is 1.91. The molecule has 1 aromatic carbocycles. The molecule has 112 valence electrons. The highest BCUT2D eigenvalue weighted by atomic mass is 16.2. The van der Waals surface area contributed by atoms with Gasteiger partial charge in [-0.15, -0.1) is 0 Å². The predicted octanol–water partition coefficient (Wildman–Crippen LogP) is 0.455. The van der Waals surface area contributed by atoms with Gasteiger partial charge < -0.3 is 16.0 Å². The lowest BCUT2D eigenvalue weighted by molar-refractivity contribution is -0.126. The second kappa shape index (κ2) is 5.15. The molecule has 3 N–H and O–H groups in total. The summed E-state index contributed by atoms with van der Waals surface area (Å²) in [6, 6.07) is 7.72. The molecule has 1 spiro atoms. The van der Waals surface area contributed by atoms with Crippen LogP contribution in [0.2, 0.25) is 0 Å². The number of rotatable bonds is 2. The van der Waals surface area contributed by atoms with Gasteiger partial charge in [0.1, 0.15) is 0 Å². The van der Waals surface area contributed by atoms with Crippen molar-refractivity contribution in [2.24, 2.45) is 5.92 Å². The molecule has 1 saturated heterocycles. The van der Waals surface area contributed by atoms with E-state index in [1.165, 1.54) is 0 Å². The number of amides is 2. The molecule has 1 aromatic rings. The SMILES string of the molecule is CC(C)NC(=O)[C@H]1CNC[C@@]12Cc1ccccc1C(=O)N2. The van der Waals surface area contributed by atoms with E-state index in [4.69, 9.17) is 0 Å². The predicted molar refractivity (Wildman–Crippen MR) is 80.0 cm³/mol. The summed E-state index contributed by atoms with van der Waals surface area (Å²) in [6.07, 6.45) is 0.693. The largest absolute Gasteiger partial charge is 0.354 e. The molecule has 0 unspecified atom stereocenters. The molecule has 0 aliphatic carbocycles. The van der Waals surface area contributed by atoms with Crippen molar-refractivity contribution in [2.45, 2.75) is 31.8 Å². The number of nitrogens with one attached hydrogen (secondary N) is 3. The van der Waals surface area contributed by atoms with Gasteiger partial charge in [0.15, 0.2) is 0 Å². The lowest BCUT2D eigenvalue weighted by Crippen LogP contribution is -2.62. The summed E-state index contributed by atoms with van der Waals surface area (Å²) in [5, 5.41) is 9.32. The quantitative estimate of drug-likeness (QED) is 0.740. The van der Waals surface area contributed by atoms with Gasteiger partial charge in [0.2, 0.25) is 5.91 Å². The zero-order chi connectivity index (χ0) is 15.0. The van der Waals surface area contributed by atoms with Crippen LogP contribution in [0.1, 0.15) is 29.8 Å². The van der Waals surface area contributed by atoms with Gasteiger partial charge in [-0.2, -0.15) is 0 Å². The normalized spacial score (nSPS) is 27.6. The first-order valence-corrected chi connectivity index (χ1v) is 7.43. The van der Waals surface area contributed by atoms with Gasteiger partial charge in [-0.3, -0.25) is 9.59 Å². The van der Waals surface area contributed by atoms with Crippen molar-refractivity contribution in [2.75, 3.05) is 13.1 Å². The molecule has 1 fully saturated rings. The molecule has 0 aromatic heterocycles. The average Bonchev–Trinajstić information content (AvgIpc) is 2.81. The highest BCUT2D eigenvalue weighted by molar-refractivity contribution is 5.98. The summed E-state index contributed by atoms with van der Waals surface area (Å²) in [5.41, 5.74) is 1.23. The molecule has 0 saturated carbocycles. The molecular weight excluding hydrogens is 266 g/mol. The first kappa shape index (κ1) is 14.1. The minimum absolute atomic E-state index is 0.00896. The standard InChI is InChI=1S/C16H21N3O2/c1-10(2)18-15(21)13-8-17-9-16(13)7-11-5-3-4-6-12(11)14(20)19-16/h3-6,10,13,17H,7-9H2,1-2H3,(H,18,21)(H,19,20)/t13-,16+/m1/s1. The highest BCUT2D eigenvalue weighted by Crippen LogP contribution is 2.32. The first-order valence-electron chi connectivity index (χ1n) is 7.43. The lowest BCUT2D eigenvalue weighted by Gasteiger charge is -2.39. The fraction of sp³-hybridized carbons (Fsp3) is 0.500. The Kier molecular flexibility index (Phi) is 3.45. The van der Waals surface area contributed by atoms with Crippen molar-refractivity contribution in [3.05, 3.63) is 35.4 Å². The molecule has 3 rings (SSSR count). The summed E-state index contributed by atoms with van der Waals surface area (Å²) in [4.78, 5) is 24.8. The van der Waals surface area contributed by atoms with E-state index in [1.807, 2.05) is 38.1 Å². The second-order valence-electron chi connectivity index (χ2n) is 6.29. The van der Waals surface area contributed by atoms with Gasteiger partial charge in [-0.05, 0) is 31.9 Å². The molecule has 2 heterocycles. The van der Waals surface area contributed by atoms with Gasteiger partial charge in [-0.1, -0.05) is 18.2 Å². The van der Waals surface area contributed by atoms with Crippen LogP contribution in [0.3, 0.4) is 0 Å². The number of fused-ring (bicyclic) bond motifs is 1. The van der Waals surface area contributed by atoms with E-state index in [9.17, 15) is 9.59 Å². The minimum Gasteiger partial charge on any atom is -0.354 e. The molecule has 21 heavy (non-hydrogen) atoms. The lowest BCUT2D eigenvalue weighted by atomic mass is 9.77. The minimum atomic E-state index is -0.510. The summed E-state index contributed by atoms with van der Waals surface area (Å²) in [7, 11) is 0. The summed E-state index contributed by atoms with van der Waals surface area (Å²) in [5.74, 6) is -0.310. The Morgan fingerprint density at radius 1 is 1.38 bits per heavy atom. The molecule has 0 bridgehead atoms. The summed E-state index contributed by atoms with van der Waals surface area (Å²) in [6.45, 7) is 5.12. The van der Waals surface area contributed by atoms with Crippen LogP contribution in [0.4, 0.5) is 0 Å². The van der Waals surface area contributed by atoms with Crippen LogP contribution in [0.25, 0.3) is 0 Å². The zero-order valence-corrected chi connectivity index (χ0v) is 12.4. The van der Waals surface area contributed by atoms with Crippen LogP contribution in [-0.2, 0) is 11.2 Å². The van der Waals surface area contributed by atoms with Crippen molar-refractivity contribution in [3.63, 3.8) is 0 Å². The maximum absolute atomic E-state index is 12.4. The number of hydrogen-bond acceptors (Lipinski definition) is 3. The third kappa shape index (κ3) is 2.42. The van der Waals surface area contributed by atoms with Crippen molar-refractivity contribution >= 4 is 11.8 Å². The van der Waals surface area contributed by atoms with E-state index in [1.54, 1.807) is 0 Å². The van der Waals surface area contributed by atoms with Crippen molar-refractivity contribution < 1.29 is 9.59 Å². The Labute approximate surface area is 124 Å². The van der Waals surface area contributed by atoms with Gasteiger partial charge in [-0.25, -0.2) is 0 Å². The first-order chi connectivity index (χ1) is 10.0. The molecule has 5 nitrogen and oxygen atoms in total. The van der Waals surface area contributed by atoms with Crippen LogP contribution < -0.4 is 16.0 Å². The smallest absolute Gasteiger partial charge is 0.252 e. The topological polar surface area (TPSA) is 70.2 Å². The van der Waals surface area contributed by atoms with E-state index in [2.05, 4.69) is 16.0 Å². The van der Waals surface area contributed by atoms with E-state index >= 15 is 0 Å². The third-order valence-electron chi connectivity index (χ3n) is 4.33. The van der Waals surface area contributed by atoms with Crippen LogP contribution in [0.5, 0.6) is 0 Å². The van der Waals surface area contributed by atoms with Crippen LogP contribution >= 0.6 is 0 Å². The van der Waals surface area contributed by atoms with Gasteiger partial charge in [0.25, 0.3) is 5.91 Å². The Bertz CT molecular complexity index is 585. The van der Waals surface area contributed by atoms with Crippen molar-refractivity contribution in [1.82, 2.24) is 16.0 Å². The van der Waals surface area contributed by atoms with Gasteiger partial charge in [0, 0.05) is 24.7 Å². The van der Waals surface area contributed by atoms with Crippen LogP contribution in [-0.4, -0.2) is 36.5 Å². The van der Waals surface area contributed by atoms with Crippen LogP contribution in [0.15, 0.2) is 24.3 Å². The monoisotopic (exact) mass is 287 g/mol. The number of carbonyl (C=O) groups is 2. The van der Waals surface area contributed by atoms with Crippen molar-refractivity contribution in [1.29, 1.82) is 0 Å². The number of benzene rings is 1. The van der Waals surface area contributed by atoms with Crippen LogP contribution in [0, 0.1) is 5.92 Å². The van der Waals surface area contributed by atoms with E-state index in [0.29, 0.717) is 19.5 Å². The summed E-state index contributed by atoms with van der Waals surface area (Å²) >= 11 is 0. The average molecular weight is 287 g/mol. The van der Waals surface area contributed by atoms with E-state index in [0.717, 1.165) is 11.1 Å². The molecule has 2 aliphatic heterocycles.